The van der Waals surface area contributed by atoms with E-state index in [4.69, 9.17) is 9.47 Å². The van der Waals surface area contributed by atoms with Crippen molar-refractivity contribution in [3.8, 4) is 11.5 Å². The normalized spacial score (nSPS) is 16.9. The van der Waals surface area contributed by atoms with Crippen molar-refractivity contribution >= 4 is 11.8 Å². The van der Waals surface area contributed by atoms with Crippen LogP contribution in [-0.2, 0) is 29.2 Å². The van der Waals surface area contributed by atoms with Gasteiger partial charge in [0.25, 0.3) is 0 Å². The van der Waals surface area contributed by atoms with Gasteiger partial charge >= 0.3 is 0 Å². The molecule has 1 aliphatic rings. The molecule has 4 rings (SSSR count). The molecule has 3 atom stereocenters. The van der Waals surface area contributed by atoms with Crippen LogP contribution in [-0.4, -0.2) is 60.2 Å². The molecule has 206 valence electrons. The molecule has 1 heterocycles. The van der Waals surface area contributed by atoms with Gasteiger partial charge in [0, 0.05) is 32.6 Å². The maximum Gasteiger partial charge on any atom is 0.242 e. The van der Waals surface area contributed by atoms with Crippen LogP contribution in [0.1, 0.15) is 23.6 Å². The first kappa shape index (κ1) is 28.1. The van der Waals surface area contributed by atoms with Gasteiger partial charge in [0.05, 0.1) is 19.3 Å². The van der Waals surface area contributed by atoms with E-state index in [2.05, 4.69) is 10.6 Å². The molecule has 0 radical (unpaired) electrons. The van der Waals surface area contributed by atoms with Crippen LogP contribution in [0.5, 0.6) is 11.5 Å². The summed E-state index contributed by atoms with van der Waals surface area (Å²) in [6.07, 6.45) is -1.15. The van der Waals surface area contributed by atoms with Crippen LogP contribution < -0.4 is 20.1 Å². The lowest BCUT2D eigenvalue weighted by Gasteiger charge is -2.38. The number of carbonyl (C=O) groups excluding carboxylic acids is 2. The molecule has 3 aromatic rings. The predicted molar refractivity (Wildman–Crippen MR) is 145 cm³/mol. The Hall–Kier alpha value is -3.95. The predicted octanol–water partition coefficient (Wildman–Crippen LogP) is 2.82. The minimum absolute atomic E-state index is 0.0954. The Morgan fingerprint density at radius 3 is 2.56 bits per heavy atom. The summed E-state index contributed by atoms with van der Waals surface area (Å²) < 4.78 is 25.6. The Kier molecular flexibility index (Phi) is 9.51. The number of nitrogens with one attached hydrogen (secondary N) is 2. The average Bonchev–Trinajstić information content (AvgIpc) is 2.92. The van der Waals surface area contributed by atoms with Gasteiger partial charge in [0.2, 0.25) is 11.8 Å². The summed E-state index contributed by atoms with van der Waals surface area (Å²) in [7, 11) is 1.58. The lowest BCUT2D eigenvalue weighted by atomic mass is 9.94. The number of aliphatic hydroxyl groups is 1. The second-order valence-electron chi connectivity index (χ2n) is 9.61. The highest BCUT2D eigenvalue weighted by atomic mass is 19.1. The fourth-order valence-electron chi connectivity index (χ4n) is 4.73. The fraction of sp³-hybridized carbons (Fsp3) is 0.333. The number of methoxy groups -OCH3 is 1. The third-order valence-corrected chi connectivity index (χ3v) is 6.61. The van der Waals surface area contributed by atoms with Crippen LogP contribution in [0.4, 0.5) is 4.39 Å². The highest BCUT2D eigenvalue weighted by Crippen LogP contribution is 2.22. The number of hydrogen-bond donors (Lipinski definition) is 3. The number of carbonyl (C=O) groups is 2. The molecule has 39 heavy (non-hydrogen) atoms. The number of amides is 2. The van der Waals surface area contributed by atoms with E-state index in [9.17, 15) is 19.1 Å². The van der Waals surface area contributed by atoms with E-state index >= 15 is 0 Å². The molecule has 0 aliphatic carbocycles. The molecule has 0 saturated carbocycles. The summed E-state index contributed by atoms with van der Waals surface area (Å²) in [6.45, 7) is 2.96. The fourth-order valence-corrected chi connectivity index (χ4v) is 4.73. The summed E-state index contributed by atoms with van der Waals surface area (Å²) in [5.74, 6) is -0.130. The van der Waals surface area contributed by atoms with Gasteiger partial charge in [-0.2, -0.15) is 0 Å². The molecule has 8 nitrogen and oxygen atoms in total. The van der Waals surface area contributed by atoms with E-state index in [1.807, 2.05) is 54.6 Å². The number of benzene rings is 3. The number of aliphatic hydroxyl groups excluding tert-OH is 1. The van der Waals surface area contributed by atoms with Gasteiger partial charge in [-0.1, -0.05) is 42.5 Å². The monoisotopic (exact) mass is 535 g/mol. The van der Waals surface area contributed by atoms with Gasteiger partial charge in [-0.15, -0.1) is 0 Å². The Balaban J connectivity index is 1.47. The second-order valence-corrected chi connectivity index (χ2v) is 9.61. The van der Waals surface area contributed by atoms with Gasteiger partial charge in [-0.05, 0) is 47.4 Å². The van der Waals surface area contributed by atoms with Crippen molar-refractivity contribution in [3.63, 3.8) is 0 Å². The molecule has 9 heteroatoms. The molecule has 0 spiro atoms. The summed E-state index contributed by atoms with van der Waals surface area (Å²) in [4.78, 5) is 27.0. The first-order valence-electron chi connectivity index (χ1n) is 12.9. The Bertz CT molecular complexity index is 1270. The number of halogens is 1. The molecular weight excluding hydrogens is 501 g/mol. The zero-order valence-corrected chi connectivity index (χ0v) is 22.1. The van der Waals surface area contributed by atoms with E-state index in [1.165, 1.54) is 19.1 Å². The highest BCUT2D eigenvalue weighted by molar-refractivity contribution is 5.83. The van der Waals surface area contributed by atoms with E-state index in [0.29, 0.717) is 36.7 Å². The van der Waals surface area contributed by atoms with Crippen molar-refractivity contribution in [1.29, 1.82) is 0 Å². The maximum absolute atomic E-state index is 14.5. The summed E-state index contributed by atoms with van der Waals surface area (Å²) in [5.41, 5.74) is 2.35. The van der Waals surface area contributed by atoms with Crippen molar-refractivity contribution in [3.05, 3.63) is 95.3 Å². The van der Waals surface area contributed by atoms with Crippen LogP contribution in [0.15, 0.2) is 72.8 Å². The number of ether oxygens (including phenoxy) is 2. The van der Waals surface area contributed by atoms with E-state index < -0.39 is 24.0 Å². The van der Waals surface area contributed by atoms with Crippen LogP contribution in [0.2, 0.25) is 0 Å². The lowest BCUT2D eigenvalue weighted by molar-refractivity contribution is -0.141. The van der Waals surface area contributed by atoms with Crippen molar-refractivity contribution in [2.24, 2.45) is 0 Å². The largest absolute Gasteiger partial charge is 0.497 e. The van der Waals surface area contributed by atoms with Gasteiger partial charge in [-0.3, -0.25) is 9.59 Å². The minimum atomic E-state index is -1.25. The van der Waals surface area contributed by atoms with Crippen LogP contribution in [0.3, 0.4) is 0 Å². The number of piperazine rings is 1. The van der Waals surface area contributed by atoms with Crippen LogP contribution in [0.25, 0.3) is 0 Å². The Labute approximate surface area is 227 Å². The first-order chi connectivity index (χ1) is 18.8. The quantitative estimate of drug-likeness (QED) is 0.349. The smallest absolute Gasteiger partial charge is 0.242 e. The molecule has 0 unspecified atom stereocenters. The van der Waals surface area contributed by atoms with Gasteiger partial charge < -0.3 is 30.1 Å². The van der Waals surface area contributed by atoms with Gasteiger partial charge in [0.15, 0.2) is 0 Å². The lowest BCUT2D eigenvalue weighted by Crippen LogP contribution is -2.63. The molecule has 3 aromatic carbocycles. The van der Waals surface area contributed by atoms with Crippen molar-refractivity contribution < 1.29 is 28.6 Å². The average molecular weight is 536 g/mol. The number of rotatable bonds is 11. The Morgan fingerprint density at radius 1 is 1.08 bits per heavy atom. The van der Waals surface area contributed by atoms with Crippen molar-refractivity contribution in [2.75, 3.05) is 20.2 Å². The third-order valence-electron chi connectivity index (χ3n) is 6.61. The second kappa shape index (κ2) is 13.2. The summed E-state index contributed by atoms with van der Waals surface area (Å²) in [5, 5.41) is 17.1. The van der Waals surface area contributed by atoms with Crippen molar-refractivity contribution in [2.45, 2.75) is 44.7 Å². The number of hydrogen-bond acceptors (Lipinski definition) is 6. The zero-order valence-electron chi connectivity index (χ0n) is 22.1. The summed E-state index contributed by atoms with van der Waals surface area (Å²) >= 11 is 0. The summed E-state index contributed by atoms with van der Waals surface area (Å²) in [6, 6.07) is 19.5. The SMILES string of the molecule is COc1cccc(COc2cc(F)cc(C[C@H](NC(C)=O)[C@H](O)[C@@H]3NCCN(Cc4ccccc4)C3=O)c2)c1. The number of nitrogens with zero attached hydrogens (tertiary/aromatic N) is 1. The van der Waals surface area contributed by atoms with E-state index in [-0.39, 0.29) is 24.8 Å². The molecule has 3 N–H and O–H groups in total. The highest BCUT2D eigenvalue weighted by Gasteiger charge is 2.38. The van der Waals surface area contributed by atoms with Crippen LogP contribution in [0, 0.1) is 5.82 Å². The van der Waals surface area contributed by atoms with Gasteiger partial charge in [0.1, 0.15) is 30.0 Å². The molecule has 1 saturated heterocycles. The third kappa shape index (κ3) is 7.78. The molecule has 0 bridgehead atoms. The standard InChI is InChI=1S/C30H34FN3O5/c1-20(35)33-27(29(36)28-30(37)34(12-11-32-28)18-21-7-4-3-5-8-21)16-23-13-24(31)17-26(15-23)39-19-22-9-6-10-25(14-22)38-2/h3-10,13-15,17,27-29,32,36H,11-12,16,18-19H2,1-2H3,(H,33,35)/t27-,28-,29-/m0/s1. The molecule has 1 aliphatic heterocycles. The van der Waals surface area contributed by atoms with Crippen LogP contribution >= 0.6 is 0 Å². The van der Waals surface area contributed by atoms with E-state index in [0.717, 1.165) is 11.1 Å². The molecule has 2 amide bonds. The Morgan fingerprint density at radius 2 is 1.82 bits per heavy atom. The molecule has 1 fully saturated rings. The van der Waals surface area contributed by atoms with E-state index in [1.54, 1.807) is 18.1 Å². The zero-order chi connectivity index (χ0) is 27.8. The maximum atomic E-state index is 14.5. The molecule has 0 aromatic heterocycles. The van der Waals surface area contributed by atoms with Gasteiger partial charge in [-0.25, -0.2) is 4.39 Å². The topological polar surface area (TPSA) is 100 Å². The first-order valence-corrected chi connectivity index (χ1v) is 12.9. The minimum Gasteiger partial charge on any atom is -0.497 e. The van der Waals surface area contributed by atoms with Crippen molar-refractivity contribution in [1.82, 2.24) is 15.5 Å². The molecular formula is C30H34FN3O5.